The van der Waals surface area contributed by atoms with Crippen LogP contribution in [0, 0.1) is 5.92 Å². The van der Waals surface area contributed by atoms with Crippen molar-refractivity contribution < 1.29 is 21.0 Å². The summed E-state index contributed by atoms with van der Waals surface area (Å²) in [7, 11) is 0. The molecule has 3 aromatic rings. The first kappa shape index (κ1) is 35.3. The number of halogens is 2. The molecule has 0 aromatic heterocycles. The number of hydrogen-bond donors (Lipinski definition) is 0. The second kappa shape index (κ2) is 13.7. The fourth-order valence-electron chi connectivity index (χ4n) is 7.54. The molecule has 0 heterocycles. The second-order valence-electron chi connectivity index (χ2n) is 15.4. The zero-order valence-electron chi connectivity index (χ0n) is 28.1. The van der Waals surface area contributed by atoms with E-state index in [1.165, 1.54) is 53.5 Å². The fourth-order valence-corrected chi connectivity index (χ4v) is 21.7. The van der Waals surface area contributed by atoms with Crippen molar-refractivity contribution in [2.24, 2.45) is 5.92 Å². The van der Waals surface area contributed by atoms with Crippen LogP contribution in [0.4, 0.5) is 0 Å². The molecule has 0 nitrogen and oxygen atoms in total. The Labute approximate surface area is 287 Å². The van der Waals surface area contributed by atoms with Gasteiger partial charge >= 0.3 is 265 Å². The molecule has 0 bridgehead atoms. The Kier molecular flexibility index (Phi) is 11.0. The van der Waals surface area contributed by atoms with Gasteiger partial charge in [0.25, 0.3) is 0 Å². The Morgan fingerprint density at radius 1 is 0.727 bits per heavy atom. The molecular formula is C41H52Cl2Hf. The van der Waals surface area contributed by atoms with Gasteiger partial charge in [-0.05, 0) is 0 Å². The van der Waals surface area contributed by atoms with Crippen molar-refractivity contribution in [2.75, 3.05) is 0 Å². The molecule has 234 valence electrons. The molecule has 0 aliphatic heterocycles. The van der Waals surface area contributed by atoms with E-state index in [2.05, 4.69) is 134 Å². The maximum Gasteiger partial charge on any atom is -0.147 e. The minimum atomic E-state index is -2.77. The molecule has 0 N–H and O–H groups in total. The Morgan fingerprint density at radius 2 is 1.25 bits per heavy atom. The summed E-state index contributed by atoms with van der Waals surface area (Å²) in [6.45, 7) is 18.9. The molecule has 44 heavy (non-hydrogen) atoms. The molecular weight excluding hydrogens is 742 g/mol. The Morgan fingerprint density at radius 3 is 1.68 bits per heavy atom. The summed E-state index contributed by atoms with van der Waals surface area (Å²) in [6, 6.07) is 25.0. The van der Waals surface area contributed by atoms with E-state index in [4.69, 9.17) is 0 Å². The number of hydrogen-bond acceptors (Lipinski definition) is 0. The van der Waals surface area contributed by atoms with Crippen LogP contribution >= 0.6 is 24.8 Å². The minimum absolute atomic E-state index is 0. The van der Waals surface area contributed by atoms with Gasteiger partial charge in [0, 0.05) is 0 Å². The molecule has 1 saturated carbocycles. The summed E-state index contributed by atoms with van der Waals surface area (Å²) < 4.78 is 4.26. The molecule has 3 aliphatic carbocycles. The van der Waals surface area contributed by atoms with E-state index in [9.17, 15) is 0 Å². The van der Waals surface area contributed by atoms with E-state index in [0.717, 1.165) is 12.3 Å². The second-order valence-corrected chi connectivity index (χ2v) is 24.7. The molecule has 0 radical (unpaired) electrons. The van der Waals surface area contributed by atoms with E-state index in [1.54, 1.807) is 20.0 Å². The van der Waals surface area contributed by atoms with Crippen LogP contribution in [0.1, 0.15) is 130 Å². The van der Waals surface area contributed by atoms with Crippen molar-refractivity contribution in [3.63, 3.8) is 0 Å². The molecule has 3 heteroatoms. The maximum absolute atomic E-state index is 2.77. The molecule has 0 unspecified atom stereocenters. The predicted octanol–water partition coefficient (Wildman–Crippen LogP) is 12.2. The maximum atomic E-state index is 2.64. The summed E-state index contributed by atoms with van der Waals surface area (Å²) in [5.74, 6) is 1.30. The van der Waals surface area contributed by atoms with Crippen molar-refractivity contribution in [2.45, 2.75) is 108 Å². The van der Waals surface area contributed by atoms with Gasteiger partial charge in [0.2, 0.25) is 0 Å². The van der Waals surface area contributed by atoms with Crippen LogP contribution in [0.3, 0.4) is 0 Å². The molecule has 6 rings (SSSR count). The van der Waals surface area contributed by atoms with Crippen molar-refractivity contribution in [1.82, 2.24) is 0 Å². The van der Waals surface area contributed by atoms with Gasteiger partial charge in [-0.1, -0.05) is 0 Å². The third-order valence-electron chi connectivity index (χ3n) is 10.1. The Balaban J connectivity index is 0.00000221. The van der Waals surface area contributed by atoms with Crippen molar-refractivity contribution in [3.8, 4) is 11.1 Å². The fraction of sp³-hybridized carbons (Fsp3) is 0.439. The van der Waals surface area contributed by atoms with Crippen molar-refractivity contribution in [1.29, 1.82) is 0 Å². The average Bonchev–Trinajstić information content (AvgIpc) is 3.71. The van der Waals surface area contributed by atoms with E-state index < -0.39 is 21.0 Å². The summed E-state index contributed by atoms with van der Waals surface area (Å²) >= 11 is -2.77. The zero-order chi connectivity index (χ0) is 29.8. The zero-order valence-corrected chi connectivity index (χ0v) is 33.3. The largest absolute Gasteiger partial charge is 0.147 e. The van der Waals surface area contributed by atoms with Crippen LogP contribution in [0.5, 0.6) is 0 Å². The van der Waals surface area contributed by atoms with Crippen LogP contribution in [0.25, 0.3) is 11.1 Å². The van der Waals surface area contributed by atoms with Gasteiger partial charge in [-0.2, -0.15) is 0 Å². The molecule has 0 spiro atoms. The number of fused-ring (bicyclic) bond motifs is 3. The first-order valence-electron chi connectivity index (χ1n) is 16.4. The van der Waals surface area contributed by atoms with Crippen molar-refractivity contribution in [3.05, 3.63) is 116 Å². The molecule has 0 saturated heterocycles. The average molecular weight is 794 g/mol. The topological polar surface area (TPSA) is 0 Å². The number of rotatable bonds is 5. The molecule has 1 fully saturated rings. The van der Waals surface area contributed by atoms with Gasteiger partial charge < -0.3 is 0 Å². The normalized spacial score (nSPS) is 17.2. The molecule has 0 atom stereocenters. The van der Waals surface area contributed by atoms with E-state index in [1.807, 2.05) is 3.26 Å². The van der Waals surface area contributed by atoms with Gasteiger partial charge in [0.15, 0.2) is 0 Å². The molecule has 3 aromatic carbocycles. The summed E-state index contributed by atoms with van der Waals surface area (Å²) in [4.78, 5) is 0. The predicted molar refractivity (Wildman–Crippen MR) is 194 cm³/mol. The van der Waals surface area contributed by atoms with Crippen LogP contribution in [-0.4, -0.2) is 3.26 Å². The molecule has 3 aliphatic rings. The van der Waals surface area contributed by atoms with Gasteiger partial charge in [-0.15, -0.1) is 24.8 Å². The Bertz CT molecular complexity index is 1520. The first-order valence-corrected chi connectivity index (χ1v) is 22.1. The van der Waals surface area contributed by atoms with Gasteiger partial charge in [-0.3, -0.25) is 0 Å². The first-order chi connectivity index (χ1) is 19.9. The third kappa shape index (κ3) is 6.77. The standard InChI is InChI=1S/C21H25.C15H20.C5H5.2ClH.Hf/c1-20(2,3)16-7-9-18-14(12-16)11-15-13-17(21(4,5)6)8-10-19(15)18;1-12(2)15-9-7-14(8-10-15)11-13-5-3-4-6-13;1-2-4-5-3-1;;;/h7-13H,1-6H3;7-10,12-13H,3-6H2,1-2H3;1-3H,4H2;2*1H;. The van der Waals surface area contributed by atoms with Crippen LogP contribution in [-0.2, 0) is 31.8 Å². The van der Waals surface area contributed by atoms with Crippen LogP contribution in [0.15, 0.2) is 82.2 Å². The molecule has 0 amide bonds. The monoisotopic (exact) mass is 794 g/mol. The SMILES string of the molecule is CC(C)c1ccc(/[C](C2CCCC2)=[Hf](/[C]2=CC=CC2)[CH]2c3cc(C(C)(C)C)ccc3-c3ccc(C(C)(C)C)cc32)cc1.Cl.Cl. The summed E-state index contributed by atoms with van der Waals surface area (Å²) in [6.07, 6.45) is 14.0. The van der Waals surface area contributed by atoms with Gasteiger partial charge in [0.1, 0.15) is 0 Å². The number of benzene rings is 3. The van der Waals surface area contributed by atoms with Gasteiger partial charge in [-0.25, -0.2) is 0 Å². The van der Waals surface area contributed by atoms with E-state index in [-0.39, 0.29) is 35.6 Å². The Hall–Kier alpha value is -1.54. The van der Waals surface area contributed by atoms with Gasteiger partial charge in [0.05, 0.1) is 0 Å². The summed E-state index contributed by atoms with van der Waals surface area (Å²) in [5.41, 5.74) is 12.5. The minimum Gasteiger partial charge on any atom is -0.147 e. The number of allylic oxidation sites excluding steroid dienone is 4. The quantitative estimate of drug-likeness (QED) is 0.226. The van der Waals surface area contributed by atoms with Crippen LogP contribution < -0.4 is 0 Å². The smallest absolute Gasteiger partial charge is 0.147 e. The third-order valence-corrected chi connectivity index (χ3v) is 22.8. The van der Waals surface area contributed by atoms with E-state index >= 15 is 0 Å². The van der Waals surface area contributed by atoms with Crippen LogP contribution in [0.2, 0.25) is 0 Å². The van der Waals surface area contributed by atoms with Crippen molar-refractivity contribution >= 4 is 28.1 Å². The summed E-state index contributed by atoms with van der Waals surface area (Å²) in [5, 5.41) is 0. The van der Waals surface area contributed by atoms with E-state index in [0.29, 0.717) is 9.59 Å².